The van der Waals surface area contributed by atoms with Crippen LogP contribution in [0.4, 0.5) is 10.5 Å². The molecule has 2 aromatic rings. The van der Waals surface area contributed by atoms with E-state index in [2.05, 4.69) is 30.4 Å². The Morgan fingerprint density at radius 1 is 1.25 bits per heavy atom. The van der Waals surface area contributed by atoms with E-state index in [0.717, 1.165) is 16.8 Å². The molecule has 0 bridgehead atoms. The lowest BCUT2D eigenvalue weighted by molar-refractivity contribution is -0.00485. The van der Waals surface area contributed by atoms with Gasteiger partial charge < -0.3 is 20.1 Å². The number of nitrogens with zero attached hydrogens (tertiary/aromatic N) is 1. The van der Waals surface area contributed by atoms with Gasteiger partial charge in [-0.3, -0.25) is 0 Å². The fourth-order valence-electron chi connectivity index (χ4n) is 2.84. The zero-order valence-corrected chi connectivity index (χ0v) is 13.7. The summed E-state index contributed by atoms with van der Waals surface area (Å²) < 4.78 is 5.30. The van der Waals surface area contributed by atoms with Crippen molar-refractivity contribution in [3.63, 3.8) is 0 Å². The van der Waals surface area contributed by atoms with Crippen molar-refractivity contribution >= 4 is 11.7 Å². The number of aliphatic hydroxyl groups excluding tert-OH is 1. The smallest absolute Gasteiger partial charge is 0.322 e. The lowest BCUT2D eigenvalue weighted by Crippen LogP contribution is -2.52. The summed E-state index contributed by atoms with van der Waals surface area (Å²) in [5.74, 6) is 0. The van der Waals surface area contributed by atoms with Gasteiger partial charge in [-0.1, -0.05) is 42.0 Å². The van der Waals surface area contributed by atoms with Crippen LogP contribution in [0.3, 0.4) is 0 Å². The fourth-order valence-corrected chi connectivity index (χ4v) is 2.84. The van der Waals surface area contributed by atoms with E-state index < -0.39 is 0 Å². The Labute approximate surface area is 141 Å². The summed E-state index contributed by atoms with van der Waals surface area (Å²) in [6.07, 6.45) is 0. The third kappa shape index (κ3) is 3.75. The minimum absolute atomic E-state index is 0.0975. The number of amides is 2. The number of morpholine rings is 1. The zero-order chi connectivity index (χ0) is 16.9. The number of ether oxygens (including phenoxy) is 1. The Morgan fingerprint density at radius 2 is 2.04 bits per heavy atom. The summed E-state index contributed by atoms with van der Waals surface area (Å²) >= 11 is 0. The predicted molar refractivity (Wildman–Crippen MR) is 94.0 cm³/mol. The Bertz CT molecular complexity index is 700. The van der Waals surface area contributed by atoms with Crippen LogP contribution in [0.15, 0.2) is 48.5 Å². The first kappa shape index (κ1) is 16.5. The Balaban J connectivity index is 1.68. The van der Waals surface area contributed by atoms with Gasteiger partial charge >= 0.3 is 6.03 Å². The summed E-state index contributed by atoms with van der Waals surface area (Å²) in [6, 6.07) is 15.6. The first-order valence-corrected chi connectivity index (χ1v) is 8.10. The topological polar surface area (TPSA) is 61.8 Å². The molecule has 2 N–H and O–H groups in total. The van der Waals surface area contributed by atoms with Crippen molar-refractivity contribution in [1.82, 2.24) is 4.90 Å². The van der Waals surface area contributed by atoms with Crippen LogP contribution in [0.5, 0.6) is 0 Å². The molecule has 2 aromatic carbocycles. The third-order valence-corrected chi connectivity index (χ3v) is 4.19. The summed E-state index contributed by atoms with van der Waals surface area (Å²) in [7, 11) is 0. The number of anilines is 1. The van der Waals surface area contributed by atoms with Crippen molar-refractivity contribution < 1.29 is 14.6 Å². The summed E-state index contributed by atoms with van der Waals surface area (Å²) in [5.41, 5.74) is 4.21. The van der Waals surface area contributed by atoms with Gasteiger partial charge in [-0.05, 0) is 30.2 Å². The number of urea groups is 1. The number of nitrogens with one attached hydrogen (secondary N) is 1. The van der Waals surface area contributed by atoms with E-state index in [1.807, 2.05) is 30.3 Å². The van der Waals surface area contributed by atoms with Gasteiger partial charge in [-0.15, -0.1) is 0 Å². The van der Waals surface area contributed by atoms with E-state index in [9.17, 15) is 9.90 Å². The maximum absolute atomic E-state index is 12.4. The molecule has 24 heavy (non-hydrogen) atoms. The van der Waals surface area contributed by atoms with Crippen LogP contribution in [0.1, 0.15) is 5.56 Å². The van der Waals surface area contributed by atoms with Gasteiger partial charge in [0, 0.05) is 12.2 Å². The van der Waals surface area contributed by atoms with Crippen LogP contribution < -0.4 is 5.32 Å². The molecule has 1 heterocycles. The van der Waals surface area contributed by atoms with Gasteiger partial charge in [0.25, 0.3) is 0 Å². The highest BCUT2D eigenvalue weighted by Crippen LogP contribution is 2.22. The number of carbonyl (C=O) groups is 1. The number of carbonyl (C=O) groups excluding carboxylic acids is 1. The molecule has 2 amide bonds. The zero-order valence-electron chi connectivity index (χ0n) is 13.7. The second-order valence-electron chi connectivity index (χ2n) is 5.98. The minimum Gasteiger partial charge on any atom is -0.394 e. The lowest BCUT2D eigenvalue weighted by atomic mass is 10.0. The molecule has 0 radical (unpaired) electrons. The van der Waals surface area contributed by atoms with Gasteiger partial charge in [-0.2, -0.15) is 0 Å². The molecule has 1 saturated heterocycles. The summed E-state index contributed by atoms with van der Waals surface area (Å²) in [6.45, 7) is 3.32. The highest BCUT2D eigenvalue weighted by atomic mass is 16.5. The molecule has 5 heteroatoms. The van der Waals surface area contributed by atoms with Crippen LogP contribution >= 0.6 is 0 Å². The molecule has 0 unspecified atom stereocenters. The Hall–Kier alpha value is -2.37. The maximum atomic E-state index is 12.4. The normalized spacial score (nSPS) is 17.6. The molecule has 0 spiro atoms. The molecule has 0 aliphatic carbocycles. The molecule has 0 aromatic heterocycles. The number of hydrogen-bond acceptors (Lipinski definition) is 3. The average molecular weight is 326 g/mol. The second-order valence-corrected chi connectivity index (χ2v) is 5.98. The van der Waals surface area contributed by atoms with Crippen LogP contribution in [-0.4, -0.2) is 48.4 Å². The monoisotopic (exact) mass is 326 g/mol. The molecule has 5 nitrogen and oxygen atoms in total. The number of rotatable bonds is 3. The van der Waals surface area contributed by atoms with Crippen molar-refractivity contribution in [3.05, 3.63) is 54.1 Å². The lowest BCUT2D eigenvalue weighted by Gasteiger charge is -2.34. The van der Waals surface area contributed by atoms with E-state index in [1.54, 1.807) is 4.90 Å². The summed E-state index contributed by atoms with van der Waals surface area (Å²) in [5, 5.41) is 12.2. The van der Waals surface area contributed by atoms with Crippen molar-refractivity contribution in [2.75, 3.05) is 31.7 Å². The van der Waals surface area contributed by atoms with Crippen molar-refractivity contribution in [2.45, 2.75) is 13.0 Å². The fraction of sp³-hybridized carbons (Fsp3) is 0.316. The standard InChI is InChI=1S/C19H22N2O3/c1-14-3-2-4-16(11-14)15-5-7-17(8-6-15)20-19(23)21-9-10-24-13-18(21)12-22/h2-8,11,18,22H,9-10,12-13H2,1H3,(H,20,23)/t18-/m1/s1. The SMILES string of the molecule is Cc1cccc(-c2ccc(NC(=O)N3CCOC[C@H]3CO)cc2)c1. The Morgan fingerprint density at radius 3 is 2.75 bits per heavy atom. The molecule has 1 atom stereocenters. The minimum atomic E-state index is -0.287. The van der Waals surface area contributed by atoms with Crippen molar-refractivity contribution in [1.29, 1.82) is 0 Å². The summed E-state index contributed by atoms with van der Waals surface area (Å²) in [4.78, 5) is 14.0. The number of benzene rings is 2. The molecular weight excluding hydrogens is 304 g/mol. The Kier molecular flexibility index (Phi) is 5.13. The van der Waals surface area contributed by atoms with E-state index >= 15 is 0 Å². The van der Waals surface area contributed by atoms with E-state index in [-0.39, 0.29) is 18.7 Å². The maximum Gasteiger partial charge on any atom is 0.322 e. The van der Waals surface area contributed by atoms with Crippen LogP contribution in [-0.2, 0) is 4.74 Å². The largest absolute Gasteiger partial charge is 0.394 e. The van der Waals surface area contributed by atoms with Crippen LogP contribution in [0, 0.1) is 6.92 Å². The number of aryl methyl sites for hydroxylation is 1. The molecule has 3 rings (SSSR count). The molecule has 1 aliphatic rings. The van der Waals surface area contributed by atoms with E-state index in [1.165, 1.54) is 5.56 Å². The third-order valence-electron chi connectivity index (χ3n) is 4.19. The van der Waals surface area contributed by atoms with Crippen molar-refractivity contribution in [3.8, 4) is 11.1 Å². The molecule has 1 fully saturated rings. The highest BCUT2D eigenvalue weighted by Gasteiger charge is 2.26. The molecule has 0 saturated carbocycles. The van der Waals surface area contributed by atoms with Gasteiger partial charge in [0.1, 0.15) is 0 Å². The molecule has 126 valence electrons. The predicted octanol–water partition coefficient (Wildman–Crippen LogP) is 2.89. The van der Waals surface area contributed by atoms with Crippen LogP contribution in [0.25, 0.3) is 11.1 Å². The van der Waals surface area contributed by atoms with E-state index in [0.29, 0.717) is 19.8 Å². The first-order chi connectivity index (χ1) is 11.7. The van der Waals surface area contributed by atoms with Gasteiger partial charge in [-0.25, -0.2) is 4.79 Å². The second kappa shape index (κ2) is 7.47. The van der Waals surface area contributed by atoms with Gasteiger partial charge in [0.15, 0.2) is 0 Å². The van der Waals surface area contributed by atoms with Crippen LogP contribution in [0.2, 0.25) is 0 Å². The quantitative estimate of drug-likeness (QED) is 0.912. The number of aliphatic hydroxyl groups is 1. The highest BCUT2D eigenvalue weighted by molar-refractivity contribution is 5.90. The molecular formula is C19H22N2O3. The van der Waals surface area contributed by atoms with Gasteiger partial charge in [0.05, 0.1) is 25.9 Å². The molecule has 1 aliphatic heterocycles. The first-order valence-electron chi connectivity index (χ1n) is 8.10. The number of hydrogen-bond donors (Lipinski definition) is 2. The van der Waals surface area contributed by atoms with Gasteiger partial charge in [0.2, 0.25) is 0 Å². The van der Waals surface area contributed by atoms with Crippen molar-refractivity contribution in [2.24, 2.45) is 0 Å². The average Bonchev–Trinajstić information content (AvgIpc) is 2.62. The van der Waals surface area contributed by atoms with E-state index in [4.69, 9.17) is 4.74 Å².